The average molecular weight is 277 g/mol. The number of nitrogens with one attached hydrogen (secondary N) is 1. The van der Waals surface area contributed by atoms with Gasteiger partial charge in [0.25, 0.3) is 0 Å². The summed E-state index contributed by atoms with van der Waals surface area (Å²) in [5, 5.41) is 12.8. The highest BCUT2D eigenvalue weighted by Crippen LogP contribution is 2.44. The molecule has 0 heterocycles. The molecule has 1 aliphatic rings. The van der Waals surface area contributed by atoms with E-state index in [0.29, 0.717) is 18.6 Å². The normalized spacial score (nSPS) is 18.1. The fourth-order valence-corrected chi connectivity index (χ4v) is 2.17. The molecule has 1 atom stereocenters. The topological polar surface area (TPSA) is 41.5 Å². The minimum Gasteiger partial charge on any atom is -0.493 e. The van der Waals surface area contributed by atoms with Crippen molar-refractivity contribution in [1.29, 1.82) is 0 Å². The summed E-state index contributed by atoms with van der Waals surface area (Å²) >= 11 is 0. The molecule has 2 rings (SSSR count). The molecule has 1 saturated carbocycles. The van der Waals surface area contributed by atoms with Crippen molar-refractivity contribution >= 4 is 0 Å². The van der Waals surface area contributed by atoms with Crippen LogP contribution in [-0.2, 0) is 0 Å². The van der Waals surface area contributed by atoms with Gasteiger partial charge in [-0.25, -0.2) is 0 Å². The molecule has 0 aliphatic heterocycles. The number of ether oxygens (including phenoxy) is 1. The third-order valence-corrected chi connectivity index (χ3v) is 4.04. The fraction of sp³-hybridized carbons (Fsp3) is 0.647. The molecule has 1 unspecified atom stereocenters. The number of aliphatic hydroxyl groups excluding tert-OH is 1. The summed E-state index contributed by atoms with van der Waals surface area (Å²) < 4.78 is 5.69. The van der Waals surface area contributed by atoms with Gasteiger partial charge in [-0.1, -0.05) is 26.0 Å². The molecule has 0 spiro atoms. The summed E-state index contributed by atoms with van der Waals surface area (Å²) in [4.78, 5) is 0. The van der Waals surface area contributed by atoms with Gasteiger partial charge in [-0.15, -0.1) is 0 Å². The van der Waals surface area contributed by atoms with Gasteiger partial charge in [-0.3, -0.25) is 0 Å². The highest BCUT2D eigenvalue weighted by molar-refractivity contribution is 5.29. The molecule has 2 N–H and O–H groups in total. The van der Waals surface area contributed by atoms with Crippen LogP contribution >= 0.6 is 0 Å². The van der Waals surface area contributed by atoms with Crippen molar-refractivity contribution in [3.63, 3.8) is 0 Å². The van der Waals surface area contributed by atoms with Crippen LogP contribution in [0.2, 0.25) is 0 Å². The molecule has 3 nitrogen and oxygen atoms in total. The molecule has 0 radical (unpaired) electrons. The lowest BCUT2D eigenvalue weighted by Gasteiger charge is -2.19. The molecule has 1 aromatic rings. The maximum atomic E-state index is 9.32. The van der Waals surface area contributed by atoms with E-state index in [-0.39, 0.29) is 5.41 Å². The van der Waals surface area contributed by atoms with E-state index in [1.807, 2.05) is 12.1 Å². The molecule has 1 aliphatic carbocycles. The summed E-state index contributed by atoms with van der Waals surface area (Å²) in [6, 6.07) is 8.61. The van der Waals surface area contributed by atoms with Gasteiger partial charge in [0.05, 0.1) is 6.61 Å². The van der Waals surface area contributed by atoms with Gasteiger partial charge in [0, 0.05) is 24.6 Å². The van der Waals surface area contributed by atoms with Crippen LogP contribution in [0.1, 0.15) is 45.2 Å². The van der Waals surface area contributed by atoms with E-state index in [0.717, 1.165) is 31.7 Å². The maximum absolute atomic E-state index is 9.32. The minimum absolute atomic E-state index is 0.161. The Bertz CT molecular complexity index is 410. The first-order chi connectivity index (χ1) is 9.54. The smallest absolute Gasteiger partial charge is 0.119 e. The largest absolute Gasteiger partial charge is 0.493 e. The second-order valence-corrected chi connectivity index (χ2v) is 6.53. The summed E-state index contributed by atoms with van der Waals surface area (Å²) in [6.45, 7) is 8.42. The van der Waals surface area contributed by atoms with E-state index in [1.165, 1.54) is 5.56 Å². The van der Waals surface area contributed by atoms with Gasteiger partial charge < -0.3 is 15.2 Å². The van der Waals surface area contributed by atoms with Crippen molar-refractivity contribution in [1.82, 2.24) is 5.32 Å². The average Bonchev–Trinajstić information content (AvgIpc) is 3.24. The number of hydrogen-bond donors (Lipinski definition) is 2. The van der Waals surface area contributed by atoms with Gasteiger partial charge in [-0.2, -0.15) is 0 Å². The van der Waals surface area contributed by atoms with Crippen LogP contribution in [0.15, 0.2) is 24.3 Å². The zero-order valence-electron chi connectivity index (χ0n) is 12.9. The zero-order valence-corrected chi connectivity index (χ0v) is 12.9. The van der Waals surface area contributed by atoms with E-state index in [2.05, 4.69) is 38.2 Å². The molecule has 0 saturated heterocycles. The van der Waals surface area contributed by atoms with Gasteiger partial charge in [0.15, 0.2) is 0 Å². The van der Waals surface area contributed by atoms with Crippen molar-refractivity contribution in [2.75, 3.05) is 19.8 Å². The van der Waals surface area contributed by atoms with Gasteiger partial charge in [-0.05, 0) is 43.4 Å². The molecule has 0 amide bonds. The molecular formula is C17H27NO2. The SMILES string of the molecule is CC(C)COc1ccc(C(C)NCC2(CO)CC2)cc1. The monoisotopic (exact) mass is 277 g/mol. The van der Waals surface area contributed by atoms with E-state index in [9.17, 15) is 5.11 Å². The third-order valence-electron chi connectivity index (χ3n) is 4.04. The second-order valence-electron chi connectivity index (χ2n) is 6.53. The van der Waals surface area contributed by atoms with Crippen LogP contribution < -0.4 is 10.1 Å². The van der Waals surface area contributed by atoms with Crippen molar-refractivity contribution in [2.24, 2.45) is 11.3 Å². The Morgan fingerprint density at radius 3 is 2.35 bits per heavy atom. The first-order valence-electron chi connectivity index (χ1n) is 7.62. The Labute approximate surface area is 122 Å². The third kappa shape index (κ3) is 4.22. The lowest BCUT2D eigenvalue weighted by Crippen LogP contribution is -2.28. The number of rotatable bonds is 8. The van der Waals surface area contributed by atoms with E-state index >= 15 is 0 Å². The molecule has 112 valence electrons. The Hall–Kier alpha value is -1.06. The van der Waals surface area contributed by atoms with Crippen LogP contribution in [0, 0.1) is 11.3 Å². The second kappa shape index (κ2) is 6.59. The van der Waals surface area contributed by atoms with Crippen LogP contribution in [0.3, 0.4) is 0 Å². The lowest BCUT2D eigenvalue weighted by molar-refractivity contribution is 0.204. The highest BCUT2D eigenvalue weighted by Gasteiger charge is 2.41. The molecule has 20 heavy (non-hydrogen) atoms. The summed E-state index contributed by atoms with van der Waals surface area (Å²) in [5.41, 5.74) is 1.42. The molecular weight excluding hydrogens is 250 g/mol. The number of benzene rings is 1. The van der Waals surface area contributed by atoms with Crippen molar-refractivity contribution in [2.45, 2.75) is 39.7 Å². The molecule has 1 aromatic carbocycles. The zero-order chi connectivity index (χ0) is 14.6. The number of aliphatic hydroxyl groups is 1. The first-order valence-corrected chi connectivity index (χ1v) is 7.62. The van der Waals surface area contributed by atoms with Crippen molar-refractivity contribution in [3.8, 4) is 5.75 Å². The van der Waals surface area contributed by atoms with Gasteiger partial charge >= 0.3 is 0 Å². The summed E-state index contributed by atoms with van der Waals surface area (Å²) in [6.07, 6.45) is 2.29. The predicted octanol–water partition coefficient (Wildman–Crippen LogP) is 3.14. The van der Waals surface area contributed by atoms with E-state index in [1.54, 1.807) is 0 Å². The van der Waals surface area contributed by atoms with Gasteiger partial charge in [0.2, 0.25) is 0 Å². The predicted molar refractivity (Wildman–Crippen MR) is 81.9 cm³/mol. The van der Waals surface area contributed by atoms with E-state index < -0.39 is 0 Å². The minimum atomic E-state index is 0.161. The fourth-order valence-electron chi connectivity index (χ4n) is 2.17. The van der Waals surface area contributed by atoms with Gasteiger partial charge in [0.1, 0.15) is 5.75 Å². The molecule has 3 heteroatoms. The first kappa shape index (κ1) is 15.3. The van der Waals surface area contributed by atoms with Crippen LogP contribution in [0.4, 0.5) is 0 Å². The molecule has 0 bridgehead atoms. The lowest BCUT2D eigenvalue weighted by atomic mass is 10.1. The Morgan fingerprint density at radius 1 is 1.20 bits per heavy atom. The highest BCUT2D eigenvalue weighted by atomic mass is 16.5. The van der Waals surface area contributed by atoms with Crippen LogP contribution in [-0.4, -0.2) is 24.9 Å². The summed E-state index contributed by atoms with van der Waals surface area (Å²) in [7, 11) is 0. The van der Waals surface area contributed by atoms with E-state index in [4.69, 9.17) is 4.74 Å². The van der Waals surface area contributed by atoms with Crippen molar-refractivity contribution in [3.05, 3.63) is 29.8 Å². The van der Waals surface area contributed by atoms with Crippen molar-refractivity contribution < 1.29 is 9.84 Å². The quantitative estimate of drug-likeness (QED) is 0.767. The van der Waals surface area contributed by atoms with Crippen LogP contribution in [0.5, 0.6) is 5.75 Å². The number of hydrogen-bond acceptors (Lipinski definition) is 3. The Kier molecular flexibility index (Phi) is 5.06. The molecule has 0 aromatic heterocycles. The molecule has 1 fully saturated rings. The Morgan fingerprint density at radius 2 is 1.85 bits per heavy atom. The Balaban J connectivity index is 1.82. The summed E-state index contributed by atoms with van der Waals surface area (Å²) in [5.74, 6) is 1.48. The maximum Gasteiger partial charge on any atom is 0.119 e. The van der Waals surface area contributed by atoms with Crippen LogP contribution in [0.25, 0.3) is 0 Å². The standard InChI is InChI=1S/C17H27NO2/c1-13(2)10-20-16-6-4-15(5-7-16)14(3)18-11-17(12-19)8-9-17/h4-7,13-14,18-19H,8-12H2,1-3H3.